The summed E-state index contributed by atoms with van der Waals surface area (Å²) in [6, 6.07) is 7.97. The third-order valence-electron chi connectivity index (χ3n) is 2.78. The molecular weight excluding hydrogens is 230 g/mol. The second kappa shape index (κ2) is 5.34. The molecule has 2 aromatic rings. The molecule has 2 nitrogen and oxygen atoms in total. The molecule has 1 aromatic heterocycles. The molecule has 1 heterocycles. The zero-order chi connectivity index (χ0) is 12.3. The van der Waals surface area contributed by atoms with Crippen LogP contribution in [0.5, 0.6) is 5.75 Å². The maximum atomic E-state index is 6.25. The first-order valence-electron chi connectivity index (χ1n) is 5.73. The molecule has 2 N–H and O–H groups in total. The molecule has 1 unspecified atom stereocenters. The molecule has 1 aromatic carbocycles. The Balaban J connectivity index is 2.20. The van der Waals surface area contributed by atoms with Crippen molar-refractivity contribution in [1.29, 1.82) is 0 Å². The van der Waals surface area contributed by atoms with E-state index in [1.165, 1.54) is 11.1 Å². The van der Waals surface area contributed by atoms with E-state index >= 15 is 0 Å². The summed E-state index contributed by atoms with van der Waals surface area (Å²) in [5.74, 6) is 0.894. The van der Waals surface area contributed by atoms with Gasteiger partial charge >= 0.3 is 0 Å². The number of aryl methyl sites for hydroxylation is 1. The average molecular weight is 247 g/mol. The standard InChI is InChI=1S/C14H17NOS/c1-3-16-12-6-4-11(5-7-12)14(15)13-9-17-8-10(13)2/h4-9,14H,3,15H2,1-2H3. The van der Waals surface area contributed by atoms with Gasteiger partial charge in [0.05, 0.1) is 12.6 Å². The minimum atomic E-state index is -0.0445. The molecule has 0 radical (unpaired) electrons. The highest BCUT2D eigenvalue weighted by Gasteiger charge is 2.11. The topological polar surface area (TPSA) is 35.2 Å². The van der Waals surface area contributed by atoms with E-state index < -0.39 is 0 Å². The second-order valence-electron chi connectivity index (χ2n) is 3.99. The van der Waals surface area contributed by atoms with Crippen LogP contribution in [0.15, 0.2) is 35.0 Å². The van der Waals surface area contributed by atoms with E-state index in [0.29, 0.717) is 6.61 Å². The SMILES string of the molecule is CCOc1ccc(C(N)c2cscc2C)cc1. The Kier molecular flexibility index (Phi) is 3.82. The quantitative estimate of drug-likeness (QED) is 0.897. The molecule has 0 aliphatic carbocycles. The highest BCUT2D eigenvalue weighted by Crippen LogP contribution is 2.26. The summed E-state index contributed by atoms with van der Waals surface area (Å²) in [5, 5.41) is 4.25. The van der Waals surface area contributed by atoms with Gasteiger partial charge in [-0.25, -0.2) is 0 Å². The van der Waals surface area contributed by atoms with E-state index in [4.69, 9.17) is 10.5 Å². The van der Waals surface area contributed by atoms with Crippen molar-refractivity contribution in [2.75, 3.05) is 6.61 Å². The summed E-state index contributed by atoms with van der Waals surface area (Å²) >= 11 is 1.70. The average Bonchev–Trinajstić information content (AvgIpc) is 2.76. The molecule has 0 spiro atoms. The molecule has 17 heavy (non-hydrogen) atoms. The first-order chi connectivity index (χ1) is 8.22. The van der Waals surface area contributed by atoms with Gasteiger partial charge in [-0.15, -0.1) is 0 Å². The predicted molar refractivity (Wildman–Crippen MR) is 72.7 cm³/mol. The normalized spacial score (nSPS) is 12.4. The predicted octanol–water partition coefficient (Wildman–Crippen LogP) is 3.50. The van der Waals surface area contributed by atoms with Crippen LogP contribution in [0.25, 0.3) is 0 Å². The van der Waals surface area contributed by atoms with E-state index in [0.717, 1.165) is 11.3 Å². The molecule has 90 valence electrons. The van der Waals surface area contributed by atoms with Crippen molar-refractivity contribution < 1.29 is 4.74 Å². The molecule has 0 saturated heterocycles. The summed E-state index contributed by atoms with van der Waals surface area (Å²) in [7, 11) is 0. The van der Waals surface area contributed by atoms with E-state index in [-0.39, 0.29) is 6.04 Å². The van der Waals surface area contributed by atoms with Crippen molar-refractivity contribution in [3.05, 3.63) is 51.7 Å². The van der Waals surface area contributed by atoms with Gasteiger partial charge in [0.2, 0.25) is 0 Å². The lowest BCUT2D eigenvalue weighted by Crippen LogP contribution is -2.11. The maximum absolute atomic E-state index is 6.25. The number of thiophene rings is 1. The van der Waals surface area contributed by atoms with Crippen LogP contribution >= 0.6 is 11.3 Å². The van der Waals surface area contributed by atoms with E-state index in [2.05, 4.69) is 17.7 Å². The van der Waals surface area contributed by atoms with Crippen molar-refractivity contribution in [2.45, 2.75) is 19.9 Å². The first-order valence-corrected chi connectivity index (χ1v) is 6.67. The van der Waals surface area contributed by atoms with Gasteiger partial charge < -0.3 is 10.5 Å². The Labute approximate surface area is 106 Å². The van der Waals surface area contributed by atoms with Crippen molar-refractivity contribution in [3.63, 3.8) is 0 Å². The maximum Gasteiger partial charge on any atom is 0.119 e. The van der Waals surface area contributed by atoms with Gasteiger partial charge in [-0.05, 0) is 53.4 Å². The van der Waals surface area contributed by atoms with Crippen molar-refractivity contribution >= 4 is 11.3 Å². The molecule has 3 heteroatoms. The number of ether oxygens (including phenoxy) is 1. The molecule has 2 rings (SSSR count). The third-order valence-corrected chi connectivity index (χ3v) is 3.66. The van der Waals surface area contributed by atoms with Gasteiger partial charge in [0.15, 0.2) is 0 Å². The van der Waals surface area contributed by atoms with Crippen molar-refractivity contribution in [2.24, 2.45) is 5.73 Å². The summed E-state index contributed by atoms with van der Waals surface area (Å²) in [6.07, 6.45) is 0. The molecule has 0 amide bonds. The van der Waals surface area contributed by atoms with Crippen LogP contribution in [-0.4, -0.2) is 6.61 Å². The number of hydrogen-bond donors (Lipinski definition) is 1. The van der Waals surface area contributed by atoms with Gasteiger partial charge in [-0.2, -0.15) is 11.3 Å². The van der Waals surface area contributed by atoms with Crippen LogP contribution in [0.1, 0.15) is 29.7 Å². The lowest BCUT2D eigenvalue weighted by Gasteiger charge is -2.13. The van der Waals surface area contributed by atoms with Crippen LogP contribution < -0.4 is 10.5 Å². The van der Waals surface area contributed by atoms with Crippen LogP contribution in [0, 0.1) is 6.92 Å². The Bertz CT molecular complexity index is 475. The molecule has 0 bridgehead atoms. The zero-order valence-corrected chi connectivity index (χ0v) is 11.0. The smallest absolute Gasteiger partial charge is 0.119 e. The molecule has 1 atom stereocenters. The van der Waals surface area contributed by atoms with Gasteiger partial charge in [0, 0.05) is 0 Å². The Hall–Kier alpha value is -1.32. The second-order valence-corrected chi connectivity index (χ2v) is 4.73. The van der Waals surface area contributed by atoms with Crippen LogP contribution in [-0.2, 0) is 0 Å². The van der Waals surface area contributed by atoms with Crippen LogP contribution in [0.4, 0.5) is 0 Å². The van der Waals surface area contributed by atoms with Crippen LogP contribution in [0.3, 0.4) is 0 Å². The number of nitrogens with two attached hydrogens (primary N) is 1. The van der Waals surface area contributed by atoms with Crippen molar-refractivity contribution in [1.82, 2.24) is 0 Å². The van der Waals surface area contributed by atoms with E-state index in [1.807, 2.05) is 31.2 Å². The fourth-order valence-electron chi connectivity index (χ4n) is 1.81. The van der Waals surface area contributed by atoms with E-state index in [9.17, 15) is 0 Å². The molecular formula is C14H17NOS. The number of hydrogen-bond acceptors (Lipinski definition) is 3. The van der Waals surface area contributed by atoms with Gasteiger partial charge in [0.25, 0.3) is 0 Å². The fourth-order valence-corrected chi connectivity index (χ4v) is 2.69. The van der Waals surface area contributed by atoms with Crippen LogP contribution in [0.2, 0.25) is 0 Å². The first kappa shape index (κ1) is 12.1. The zero-order valence-electron chi connectivity index (χ0n) is 10.1. The fraction of sp³-hybridized carbons (Fsp3) is 0.286. The third kappa shape index (κ3) is 2.68. The molecule has 0 saturated carbocycles. The minimum Gasteiger partial charge on any atom is -0.494 e. The van der Waals surface area contributed by atoms with Gasteiger partial charge in [-0.1, -0.05) is 12.1 Å². The minimum absolute atomic E-state index is 0.0445. The summed E-state index contributed by atoms with van der Waals surface area (Å²) in [4.78, 5) is 0. The summed E-state index contributed by atoms with van der Waals surface area (Å²) in [5.41, 5.74) is 9.84. The lowest BCUT2D eigenvalue weighted by molar-refractivity contribution is 0.340. The number of rotatable bonds is 4. The molecule has 0 aliphatic heterocycles. The Morgan fingerprint density at radius 3 is 2.47 bits per heavy atom. The molecule has 0 fully saturated rings. The Morgan fingerprint density at radius 1 is 1.24 bits per heavy atom. The van der Waals surface area contributed by atoms with Gasteiger partial charge in [0.1, 0.15) is 5.75 Å². The summed E-state index contributed by atoms with van der Waals surface area (Å²) < 4.78 is 5.42. The lowest BCUT2D eigenvalue weighted by atomic mass is 9.99. The monoisotopic (exact) mass is 247 g/mol. The van der Waals surface area contributed by atoms with Gasteiger partial charge in [-0.3, -0.25) is 0 Å². The Morgan fingerprint density at radius 2 is 1.94 bits per heavy atom. The van der Waals surface area contributed by atoms with E-state index in [1.54, 1.807) is 11.3 Å². The largest absolute Gasteiger partial charge is 0.494 e. The highest BCUT2D eigenvalue weighted by atomic mass is 32.1. The highest BCUT2D eigenvalue weighted by molar-refractivity contribution is 7.08. The van der Waals surface area contributed by atoms with Crippen molar-refractivity contribution in [3.8, 4) is 5.75 Å². The molecule has 0 aliphatic rings. The summed E-state index contributed by atoms with van der Waals surface area (Å²) in [6.45, 7) is 4.77. The number of benzene rings is 1.